The van der Waals surface area contributed by atoms with Crippen LogP contribution in [0.15, 0.2) is 97.2 Å². The molecule has 0 aliphatic heterocycles. The lowest BCUT2D eigenvalue weighted by molar-refractivity contribution is -0.123. The summed E-state index contributed by atoms with van der Waals surface area (Å²) in [5.41, 5.74) is 0. The van der Waals surface area contributed by atoms with Crippen LogP contribution in [0.4, 0.5) is 0 Å². The van der Waals surface area contributed by atoms with Crippen LogP contribution in [0, 0.1) is 0 Å². The summed E-state index contributed by atoms with van der Waals surface area (Å²) < 4.78 is 0. The van der Waals surface area contributed by atoms with Gasteiger partial charge in [0.15, 0.2) is 0 Å². The fourth-order valence-corrected chi connectivity index (χ4v) is 6.36. The average Bonchev–Trinajstić information content (AvgIpc) is 3.19. The Morgan fingerprint density at radius 2 is 0.764 bits per heavy atom. The van der Waals surface area contributed by atoms with Gasteiger partial charge in [-0.1, -0.05) is 207 Å². The van der Waals surface area contributed by atoms with Crippen LogP contribution in [0.5, 0.6) is 0 Å². The molecule has 55 heavy (non-hydrogen) atoms. The lowest BCUT2D eigenvalue weighted by atomic mass is 10.0. The molecule has 1 amide bonds. The third-order valence-electron chi connectivity index (χ3n) is 9.79. The van der Waals surface area contributed by atoms with Crippen LogP contribution >= 0.6 is 0 Å². The number of allylic oxidation sites excluding steroid dienone is 15. The van der Waals surface area contributed by atoms with E-state index in [1.165, 1.54) is 103 Å². The number of nitrogens with one attached hydrogen (secondary N) is 1. The van der Waals surface area contributed by atoms with Crippen molar-refractivity contribution in [3.8, 4) is 0 Å². The lowest BCUT2D eigenvalue weighted by Crippen LogP contribution is -2.45. The third-order valence-corrected chi connectivity index (χ3v) is 9.79. The fraction of sp³-hybridized carbons (Fsp3) is 0.667. The van der Waals surface area contributed by atoms with E-state index < -0.39 is 12.1 Å². The van der Waals surface area contributed by atoms with Crippen molar-refractivity contribution >= 4 is 5.91 Å². The van der Waals surface area contributed by atoms with Crippen LogP contribution in [-0.2, 0) is 4.79 Å². The SMILES string of the molecule is CC/C=C\C/C=C\C/C=C\C/C=C\C/C=C\CCCCCCCCCCCCCCCCCCCC(=O)NC(CO)C(O)/C=C/CC/C=C/CC/C=C/CC. The van der Waals surface area contributed by atoms with Crippen LogP contribution in [0.25, 0.3) is 0 Å². The fourth-order valence-electron chi connectivity index (χ4n) is 6.36. The first-order valence-electron chi connectivity index (χ1n) is 23.0. The highest BCUT2D eigenvalue weighted by Crippen LogP contribution is 2.15. The number of aliphatic hydroxyl groups is 2. The third kappa shape index (κ3) is 42.3. The molecular formula is C51H87NO3. The Labute approximate surface area is 341 Å². The summed E-state index contributed by atoms with van der Waals surface area (Å²) >= 11 is 0. The van der Waals surface area contributed by atoms with Crippen LogP contribution in [0.1, 0.15) is 200 Å². The molecule has 0 saturated heterocycles. The Balaban J connectivity index is 3.50. The summed E-state index contributed by atoms with van der Waals surface area (Å²) in [6.07, 6.45) is 68.3. The Hall–Kier alpha value is -2.69. The molecule has 0 aliphatic rings. The van der Waals surface area contributed by atoms with E-state index in [4.69, 9.17) is 0 Å². The van der Waals surface area contributed by atoms with Gasteiger partial charge in [0.05, 0.1) is 18.8 Å². The molecule has 0 aromatic carbocycles. The molecule has 2 unspecified atom stereocenters. The maximum atomic E-state index is 12.4. The monoisotopic (exact) mass is 762 g/mol. The molecule has 0 fully saturated rings. The van der Waals surface area contributed by atoms with Gasteiger partial charge in [-0.05, 0) is 83.5 Å². The number of rotatable bonds is 40. The van der Waals surface area contributed by atoms with Crippen molar-refractivity contribution in [3.05, 3.63) is 97.2 Å². The van der Waals surface area contributed by atoms with Gasteiger partial charge in [-0.3, -0.25) is 4.79 Å². The molecule has 4 nitrogen and oxygen atoms in total. The molecular weight excluding hydrogens is 675 g/mol. The van der Waals surface area contributed by atoms with E-state index in [1.807, 2.05) is 6.08 Å². The second-order valence-corrected chi connectivity index (χ2v) is 15.0. The van der Waals surface area contributed by atoms with Gasteiger partial charge in [0.1, 0.15) is 0 Å². The molecule has 0 saturated carbocycles. The minimum Gasteiger partial charge on any atom is -0.394 e. The summed E-state index contributed by atoms with van der Waals surface area (Å²) in [6, 6.07) is -0.647. The summed E-state index contributed by atoms with van der Waals surface area (Å²) in [5, 5.41) is 22.9. The number of unbranched alkanes of at least 4 members (excludes halogenated alkanes) is 19. The maximum Gasteiger partial charge on any atom is 0.220 e. The number of carbonyl (C=O) groups is 1. The van der Waals surface area contributed by atoms with Gasteiger partial charge in [-0.25, -0.2) is 0 Å². The van der Waals surface area contributed by atoms with Crippen molar-refractivity contribution in [3.63, 3.8) is 0 Å². The number of hydrogen-bond donors (Lipinski definition) is 3. The molecule has 0 heterocycles. The van der Waals surface area contributed by atoms with Crippen LogP contribution < -0.4 is 5.32 Å². The highest BCUT2D eigenvalue weighted by Gasteiger charge is 2.17. The summed E-state index contributed by atoms with van der Waals surface area (Å²) in [5.74, 6) is -0.0837. The zero-order chi connectivity index (χ0) is 40.0. The van der Waals surface area contributed by atoms with Gasteiger partial charge in [0.2, 0.25) is 5.91 Å². The molecule has 3 N–H and O–H groups in total. The molecule has 0 radical (unpaired) electrons. The second kappa shape index (κ2) is 45.7. The van der Waals surface area contributed by atoms with Crippen molar-refractivity contribution < 1.29 is 15.0 Å². The first-order valence-corrected chi connectivity index (χ1v) is 23.0. The Kier molecular flexibility index (Phi) is 43.5. The highest BCUT2D eigenvalue weighted by atomic mass is 16.3. The van der Waals surface area contributed by atoms with E-state index in [0.717, 1.165) is 77.0 Å². The first kappa shape index (κ1) is 52.3. The van der Waals surface area contributed by atoms with Crippen LogP contribution in [0.3, 0.4) is 0 Å². The predicted molar refractivity (Wildman–Crippen MR) is 243 cm³/mol. The quantitative estimate of drug-likeness (QED) is 0.0430. The van der Waals surface area contributed by atoms with Gasteiger partial charge in [-0.2, -0.15) is 0 Å². The lowest BCUT2D eigenvalue weighted by Gasteiger charge is -2.19. The van der Waals surface area contributed by atoms with E-state index in [9.17, 15) is 15.0 Å². The van der Waals surface area contributed by atoms with Crippen molar-refractivity contribution in [2.75, 3.05) is 6.61 Å². The van der Waals surface area contributed by atoms with Gasteiger partial charge in [0.25, 0.3) is 0 Å². The molecule has 4 heteroatoms. The van der Waals surface area contributed by atoms with Crippen molar-refractivity contribution in [2.45, 2.75) is 212 Å². The maximum absolute atomic E-state index is 12.4. The predicted octanol–water partition coefficient (Wildman–Crippen LogP) is 14.6. The largest absolute Gasteiger partial charge is 0.394 e. The number of amides is 1. The smallest absolute Gasteiger partial charge is 0.220 e. The molecule has 0 aromatic heterocycles. The minimum absolute atomic E-state index is 0.0837. The zero-order valence-corrected chi connectivity index (χ0v) is 35.9. The number of aliphatic hydroxyl groups excluding tert-OH is 2. The molecule has 314 valence electrons. The summed E-state index contributed by atoms with van der Waals surface area (Å²) in [7, 11) is 0. The Morgan fingerprint density at radius 3 is 1.20 bits per heavy atom. The first-order chi connectivity index (χ1) is 27.2. The zero-order valence-electron chi connectivity index (χ0n) is 35.9. The molecule has 0 aromatic rings. The van der Waals surface area contributed by atoms with Gasteiger partial charge in [0, 0.05) is 6.42 Å². The summed E-state index contributed by atoms with van der Waals surface area (Å²) in [4.78, 5) is 12.4. The summed E-state index contributed by atoms with van der Waals surface area (Å²) in [6.45, 7) is 4.04. The Morgan fingerprint density at radius 1 is 0.436 bits per heavy atom. The van der Waals surface area contributed by atoms with Gasteiger partial charge in [-0.15, -0.1) is 0 Å². The van der Waals surface area contributed by atoms with E-state index in [0.29, 0.717) is 6.42 Å². The number of hydrogen-bond acceptors (Lipinski definition) is 3. The van der Waals surface area contributed by atoms with Crippen LogP contribution in [-0.4, -0.2) is 34.9 Å². The normalized spacial score (nSPS) is 13.9. The van der Waals surface area contributed by atoms with Crippen molar-refractivity contribution in [2.24, 2.45) is 0 Å². The van der Waals surface area contributed by atoms with E-state index in [2.05, 4.69) is 104 Å². The van der Waals surface area contributed by atoms with E-state index in [-0.39, 0.29) is 12.5 Å². The average molecular weight is 762 g/mol. The molecule has 2 atom stereocenters. The number of carbonyl (C=O) groups excluding carboxylic acids is 1. The Bertz CT molecular complexity index is 1050. The molecule has 0 aliphatic carbocycles. The standard InChI is InChI=1S/C51H87NO3/c1-3-5-7-9-11-13-15-16-17-18-19-20-21-22-23-24-25-26-27-28-29-30-31-32-33-34-35-36-37-39-41-43-45-47-51(55)52-49(48-53)50(54)46-44-42-40-38-14-12-10-8-6-4-2/h5-8,11,13-14,16-17,19-20,22-23,38,44,46,49-50,53-54H,3-4,9-10,12,15,18,21,24-37,39-43,45,47-48H2,1-2H3,(H,52,55)/b7-5-,8-6+,13-11-,17-16-,20-19-,23-22-,38-14+,46-44+. The van der Waals surface area contributed by atoms with Gasteiger partial charge < -0.3 is 15.5 Å². The molecule has 0 bridgehead atoms. The minimum atomic E-state index is -0.871. The van der Waals surface area contributed by atoms with Crippen molar-refractivity contribution in [1.29, 1.82) is 0 Å². The van der Waals surface area contributed by atoms with E-state index in [1.54, 1.807) is 6.08 Å². The van der Waals surface area contributed by atoms with Crippen molar-refractivity contribution in [1.82, 2.24) is 5.32 Å². The topological polar surface area (TPSA) is 69.6 Å². The highest BCUT2D eigenvalue weighted by molar-refractivity contribution is 5.76. The molecule has 0 spiro atoms. The van der Waals surface area contributed by atoms with E-state index >= 15 is 0 Å². The molecule has 0 rings (SSSR count). The van der Waals surface area contributed by atoms with Crippen LogP contribution in [0.2, 0.25) is 0 Å². The van der Waals surface area contributed by atoms with Gasteiger partial charge >= 0.3 is 0 Å². The second-order valence-electron chi connectivity index (χ2n) is 15.0.